The first-order chi connectivity index (χ1) is 11.2. The van der Waals surface area contributed by atoms with E-state index in [9.17, 15) is 4.79 Å². The van der Waals surface area contributed by atoms with Gasteiger partial charge in [0, 0.05) is 37.1 Å². The zero-order valence-electron chi connectivity index (χ0n) is 13.5. The van der Waals surface area contributed by atoms with E-state index in [2.05, 4.69) is 4.98 Å². The van der Waals surface area contributed by atoms with Crippen LogP contribution in [-0.4, -0.2) is 38.4 Å². The molecule has 2 aromatic heterocycles. The maximum atomic E-state index is 12.6. The SMILES string of the molecule is Cn1cnc(C(=O)N2CCCC(c3nc4c(s3)CCCC4)C2)c1. The van der Waals surface area contributed by atoms with Crippen LogP contribution in [0.25, 0.3) is 0 Å². The molecule has 0 radical (unpaired) electrons. The molecule has 0 bridgehead atoms. The summed E-state index contributed by atoms with van der Waals surface area (Å²) in [5.74, 6) is 0.448. The third-order valence-corrected chi connectivity index (χ3v) is 6.16. The second-order valence-electron chi connectivity index (χ2n) is 6.64. The molecule has 1 atom stereocenters. The molecular weight excluding hydrogens is 308 g/mol. The van der Waals surface area contributed by atoms with Crippen LogP contribution in [0.5, 0.6) is 0 Å². The van der Waals surface area contributed by atoms with E-state index >= 15 is 0 Å². The summed E-state index contributed by atoms with van der Waals surface area (Å²) < 4.78 is 1.82. The van der Waals surface area contributed by atoms with Gasteiger partial charge in [-0.05, 0) is 38.5 Å². The minimum atomic E-state index is 0.0524. The van der Waals surface area contributed by atoms with E-state index in [4.69, 9.17) is 4.98 Å². The van der Waals surface area contributed by atoms with Gasteiger partial charge in [0.05, 0.1) is 17.0 Å². The van der Waals surface area contributed by atoms with Gasteiger partial charge in [-0.15, -0.1) is 11.3 Å². The number of imidazole rings is 1. The summed E-state index contributed by atoms with van der Waals surface area (Å²) in [6.45, 7) is 1.61. The average molecular weight is 330 g/mol. The molecule has 1 unspecified atom stereocenters. The minimum Gasteiger partial charge on any atom is -0.340 e. The minimum absolute atomic E-state index is 0.0524. The first-order valence-electron chi connectivity index (χ1n) is 8.46. The van der Waals surface area contributed by atoms with E-state index in [-0.39, 0.29) is 5.91 Å². The van der Waals surface area contributed by atoms with Crippen LogP contribution in [0.2, 0.25) is 0 Å². The summed E-state index contributed by atoms with van der Waals surface area (Å²) in [6.07, 6.45) is 10.6. The van der Waals surface area contributed by atoms with Crippen LogP contribution in [-0.2, 0) is 19.9 Å². The van der Waals surface area contributed by atoms with Crippen molar-refractivity contribution in [1.82, 2.24) is 19.4 Å². The zero-order valence-corrected chi connectivity index (χ0v) is 14.3. The fourth-order valence-electron chi connectivity index (χ4n) is 3.60. The Balaban J connectivity index is 1.50. The maximum absolute atomic E-state index is 12.6. The van der Waals surface area contributed by atoms with E-state index in [1.54, 1.807) is 12.5 Å². The van der Waals surface area contributed by atoms with Gasteiger partial charge in [-0.3, -0.25) is 4.79 Å². The molecule has 1 aliphatic heterocycles. The van der Waals surface area contributed by atoms with E-state index in [1.807, 2.05) is 27.9 Å². The summed E-state index contributed by atoms with van der Waals surface area (Å²) in [7, 11) is 1.89. The third kappa shape index (κ3) is 2.92. The highest BCUT2D eigenvalue weighted by Crippen LogP contribution is 2.34. The van der Waals surface area contributed by atoms with Gasteiger partial charge < -0.3 is 9.47 Å². The van der Waals surface area contributed by atoms with Crippen molar-refractivity contribution < 1.29 is 4.79 Å². The normalized spacial score (nSPS) is 21.3. The van der Waals surface area contributed by atoms with Gasteiger partial charge >= 0.3 is 0 Å². The number of aromatic nitrogens is 3. The molecule has 23 heavy (non-hydrogen) atoms. The second kappa shape index (κ2) is 6.07. The quantitative estimate of drug-likeness (QED) is 0.851. The van der Waals surface area contributed by atoms with Crippen LogP contribution < -0.4 is 0 Å². The third-order valence-electron chi connectivity index (χ3n) is 4.84. The number of likely N-dealkylation sites (tertiary alicyclic amines) is 1. The highest BCUT2D eigenvalue weighted by Gasteiger charge is 2.29. The molecule has 122 valence electrons. The lowest BCUT2D eigenvalue weighted by Crippen LogP contribution is -2.39. The number of piperidine rings is 1. The summed E-state index contributed by atoms with van der Waals surface area (Å²) in [5.41, 5.74) is 1.87. The van der Waals surface area contributed by atoms with Gasteiger partial charge in [-0.2, -0.15) is 0 Å². The number of carbonyl (C=O) groups excluding carboxylic acids is 1. The average Bonchev–Trinajstić information content (AvgIpc) is 3.20. The fraction of sp³-hybridized carbons (Fsp3) is 0.588. The van der Waals surface area contributed by atoms with Crippen molar-refractivity contribution in [2.24, 2.45) is 7.05 Å². The molecule has 1 fully saturated rings. The lowest BCUT2D eigenvalue weighted by atomic mass is 9.98. The van der Waals surface area contributed by atoms with Gasteiger partial charge in [0.1, 0.15) is 5.69 Å². The highest BCUT2D eigenvalue weighted by molar-refractivity contribution is 7.11. The summed E-state index contributed by atoms with van der Waals surface area (Å²) >= 11 is 1.89. The topological polar surface area (TPSA) is 51.0 Å². The van der Waals surface area contributed by atoms with E-state index in [0.717, 1.165) is 32.4 Å². The number of thiazole rings is 1. The predicted molar refractivity (Wildman–Crippen MR) is 89.8 cm³/mol. The predicted octanol–water partition coefficient (Wildman–Crippen LogP) is 2.78. The number of hydrogen-bond donors (Lipinski definition) is 0. The molecule has 1 amide bonds. The Morgan fingerprint density at radius 2 is 2.17 bits per heavy atom. The van der Waals surface area contributed by atoms with Gasteiger partial charge in [0.25, 0.3) is 5.91 Å². The molecule has 0 aromatic carbocycles. The van der Waals surface area contributed by atoms with Crippen LogP contribution in [0.3, 0.4) is 0 Å². The lowest BCUT2D eigenvalue weighted by Gasteiger charge is -2.31. The van der Waals surface area contributed by atoms with Crippen molar-refractivity contribution in [2.45, 2.75) is 44.4 Å². The second-order valence-corrected chi connectivity index (χ2v) is 7.76. The van der Waals surface area contributed by atoms with E-state index < -0.39 is 0 Å². The van der Waals surface area contributed by atoms with Gasteiger partial charge in [0.2, 0.25) is 0 Å². The number of aryl methyl sites for hydroxylation is 3. The van der Waals surface area contributed by atoms with E-state index in [1.165, 1.54) is 34.8 Å². The monoisotopic (exact) mass is 330 g/mol. The molecular formula is C17H22N4OS. The first kappa shape index (κ1) is 14.9. The smallest absolute Gasteiger partial charge is 0.274 e. The Bertz CT molecular complexity index is 697. The number of hydrogen-bond acceptors (Lipinski definition) is 4. The van der Waals surface area contributed by atoms with Crippen LogP contribution in [0.4, 0.5) is 0 Å². The van der Waals surface area contributed by atoms with Gasteiger partial charge in [-0.25, -0.2) is 9.97 Å². The van der Waals surface area contributed by atoms with Crippen molar-refractivity contribution in [3.05, 3.63) is 33.8 Å². The molecule has 4 rings (SSSR count). The number of fused-ring (bicyclic) bond motifs is 1. The summed E-state index contributed by atoms with van der Waals surface area (Å²) in [5, 5.41) is 1.25. The van der Waals surface area contributed by atoms with Crippen LogP contribution in [0.15, 0.2) is 12.5 Å². The van der Waals surface area contributed by atoms with Crippen LogP contribution in [0, 0.1) is 0 Å². The molecule has 1 saturated heterocycles. The Kier molecular flexibility index (Phi) is 3.93. The zero-order chi connectivity index (χ0) is 15.8. The van der Waals surface area contributed by atoms with Crippen molar-refractivity contribution >= 4 is 17.2 Å². The number of amides is 1. The van der Waals surface area contributed by atoms with Gasteiger partial charge in [0.15, 0.2) is 0 Å². The molecule has 0 saturated carbocycles. The van der Waals surface area contributed by atoms with Crippen molar-refractivity contribution in [2.75, 3.05) is 13.1 Å². The van der Waals surface area contributed by atoms with Crippen molar-refractivity contribution in [1.29, 1.82) is 0 Å². The first-order valence-corrected chi connectivity index (χ1v) is 9.28. The lowest BCUT2D eigenvalue weighted by molar-refractivity contribution is 0.0701. The number of nitrogens with zero attached hydrogens (tertiary/aromatic N) is 4. The Hall–Kier alpha value is -1.69. The Labute approximate surface area is 140 Å². The number of carbonyl (C=O) groups is 1. The molecule has 2 aromatic rings. The van der Waals surface area contributed by atoms with Gasteiger partial charge in [-0.1, -0.05) is 0 Å². The Morgan fingerprint density at radius 1 is 1.30 bits per heavy atom. The molecule has 1 aliphatic carbocycles. The number of rotatable bonds is 2. The molecule has 5 nitrogen and oxygen atoms in total. The highest BCUT2D eigenvalue weighted by atomic mass is 32.1. The molecule has 3 heterocycles. The van der Waals surface area contributed by atoms with Crippen LogP contribution >= 0.6 is 11.3 Å². The van der Waals surface area contributed by atoms with Crippen molar-refractivity contribution in [3.8, 4) is 0 Å². The standard InChI is InChI=1S/C17H22N4OS/c1-20-10-14(18-11-20)17(22)21-8-4-5-12(9-21)16-19-13-6-2-3-7-15(13)23-16/h10-12H,2-9H2,1H3. The van der Waals surface area contributed by atoms with Crippen molar-refractivity contribution in [3.63, 3.8) is 0 Å². The fourth-order valence-corrected chi connectivity index (χ4v) is 4.87. The summed E-state index contributed by atoms with van der Waals surface area (Å²) in [6, 6.07) is 0. The molecule has 0 N–H and O–H groups in total. The van der Waals surface area contributed by atoms with Crippen LogP contribution in [0.1, 0.15) is 57.7 Å². The van der Waals surface area contributed by atoms with E-state index in [0.29, 0.717) is 11.6 Å². The molecule has 2 aliphatic rings. The largest absolute Gasteiger partial charge is 0.340 e. The molecule has 0 spiro atoms. The Morgan fingerprint density at radius 3 is 2.96 bits per heavy atom. The summed E-state index contributed by atoms with van der Waals surface area (Å²) in [4.78, 5) is 25.2. The maximum Gasteiger partial charge on any atom is 0.274 e. The molecule has 6 heteroatoms.